The zero-order valence-electron chi connectivity index (χ0n) is 16.0. The Hall–Kier alpha value is -2.71. The molecule has 8 heteroatoms. The van der Waals surface area contributed by atoms with Crippen LogP contribution in [0.3, 0.4) is 0 Å². The number of nitrogens with zero attached hydrogens (tertiary/aromatic N) is 3. The lowest BCUT2D eigenvalue weighted by atomic mass is 10.2. The summed E-state index contributed by atoms with van der Waals surface area (Å²) in [6.07, 6.45) is 1.65. The van der Waals surface area contributed by atoms with Crippen molar-refractivity contribution in [1.82, 2.24) is 14.8 Å². The van der Waals surface area contributed by atoms with Crippen LogP contribution in [-0.2, 0) is 22.1 Å². The zero-order valence-corrected chi connectivity index (χ0v) is 17.6. The first-order valence-electron chi connectivity index (χ1n) is 8.94. The molecule has 2 aromatic carbocycles. The highest BCUT2D eigenvalue weighted by Gasteiger charge is 2.21. The molecule has 3 rings (SSSR count). The fourth-order valence-electron chi connectivity index (χ4n) is 2.68. The summed E-state index contributed by atoms with van der Waals surface area (Å²) in [5.41, 5.74) is 1.61. The molecular formula is C21H21N3O3S2. The molecule has 150 valence electrons. The fraction of sp³-hybridized carbons (Fsp3) is 0.190. The summed E-state index contributed by atoms with van der Waals surface area (Å²) in [5.74, 6) is 0.200. The van der Waals surface area contributed by atoms with Gasteiger partial charge in [-0.25, -0.2) is 8.42 Å². The van der Waals surface area contributed by atoms with E-state index in [1.54, 1.807) is 47.0 Å². The van der Waals surface area contributed by atoms with Crippen LogP contribution in [0, 0.1) is 6.92 Å². The Morgan fingerprint density at radius 1 is 1.10 bits per heavy atom. The molecule has 0 aliphatic carbocycles. The van der Waals surface area contributed by atoms with E-state index >= 15 is 0 Å². The van der Waals surface area contributed by atoms with Crippen molar-refractivity contribution in [3.63, 3.8) is 0 Å². The van der Waals surface area contributed by atoms with Gasteiger partial charge < -0.3 is 4.57 Å². The zero-order chi connectivity index (χ0) is 20.9. The lowest BCUT2D eigenvalue weighted by molar-refractivity contribution is 0.102. The van der Waals surface area contributed by atoms with Gasteiger partial charge in [0.2, 0.25) is 0 Å². The minimum Gasteiger partial charge on any atom is -0.301 e. The molecular weight excluding hydrogens is 406 g/mol. The van der Waals surface area contributed by atoms with Gasteiger partial charge in [0.15, 0.2) is 20.8 Å². The van der Waals surface area contributed by atoms with Crippen LogP contribution in [0.15, 0.2) is 77.3 Å². The third kappa shape index (κ3) is 5.21. The number of sulfone groups is 1. The maximum atomic E-state index is 12.8. The smallest absolute Gasteiger partial charge is 0.191 e. The molecule has 0 bridgehead atoms. The summed E-state index contributed by atoms with van der Waals surface area (Å²) in [4.78, 5) is 12.6. The molecule has 0 fully saturated rings. The molecule has 0 aliphatic rings. The van der Waals surface area contributed by atoms with Crippen molar-refractivity contribution in [2.75, 3.05) is 5.75 Å². The van der Waals surface area contributed by atoms with Crippen LogP contribution in [0.2, 0.25) is 0 Å². The van der Waals surface area contributed by atoms with E-state index in [1.807, 2.05) is 25.1 Å². The molecule has 0 atom stereocenters. The predicted molar refractivity (Wildman–Crippen MR) is 114 cm³/mol. The Morgan fingerprint density at radius 3 is 2.45 bits per heavy atom. The van der Waals surface area contributed by atoms with E-state index in [0.717, 1.165) is 5.56 Å². The molecule has 1 aromatic heterocycles. The van der Waals surface area contributed by atoms with Crippen LogP contribution in [0.5, 0.6) is 0 Å². The number of ketones is 1. The van der Waals surface area contributed by atoms with E-state index in [1.165, 1.54) is 11.8 Å². The molecule has 29 heavy (non-hydrogen) atoms. The van der Waals surface area contributed by atoms with E-state index in [-0.39, 0.29) is 22.2 Å². The average molecular weight is 428 g/mol. The van der Waals surface area contributed by atoms with Gasteiger partial charge in [-0.3, -0.25) is 4.79 Å². The second kappa shape index (κ2) is 9.19. The van der Waals surface area contributed by atoms with Crippen LogP contribution in [0.1, 0.15) is 21.7 Å². The number of aromatic nitrogens is 3. The molecule has 0 unspecified atom stereocenters. The quantitative estimate of drug-likeness (QED) is 0.294. The number of carbonyl (C=O) groups is 1. The number of carbonyl (C=O) groups excluding carboxylic acids is 1. The van der Waals surface area contributed by atoms with Gasteiger partial charge in [-0.2, -0.15) is 0 Å². The molecule has 1 heterocycles. The van der Waals surface area contributed by atoms with Crippen LogP contribution in [0.25, 0.3) is 0 Å². The Bertz CT molecular complexity index is 1110. The number of allylic oxidation sites excluding steroid dienone is 1. The molecule has 0 radical (unpaired) electrons. The highest BCUT2D eigenvalue weighted by Crippen LogP contribution is 2.22. The number of aryl methyl sites for hydroxylation is 1. The molecule has 0 saturated carbocycles. The maximum absolute atomic E-state index is 12.8. The second-order valence-corrected chi connectivity index (χ2v) is 9.38. The predicted octanol–water partition coefficient (Wildman–Crippen LogP) is 3.72. The van der Waals surface area contributed by atoms with E-state index in [9.17, 15) is 13.2 Å². The minimum atomic E-state index is -3.57. The van der Waals surface area contributed by atoms with Gasteiger partial charge in [-0.15, -0.1) is 16.8 Å². The van der Waals surface area contributed by atoms with Crippen molar-refractivity contribution in [3.8, 4) is 0 Å². The highest BCUT2D eigenvalue weighted by atomic mass is 32.2. The van der Waals surface area contributed by atoms with Crippen LogP contribution in [0.4, 0.5) is 0 Å². The summed E-state index contributed by atoms with van der Waals surface area (Å²) in [7, 11) is -3.57. The van der Waals surface area contributed by atoms with Gasteiger partial charge in [0.25, 0.3) is 0 Å². The summed E-state index contributed by atoms with van der Waals surface area (Å²) in [6.45, 7) is 5.98. The number of Topliss-reactive ketones (excluding diaryl/α,β-unsaturated/α-hetero) is 1. The van der Waals surface area contributed by atoms with Crippen molar-refractivity contribution < 1.29 is 13.2 Å². The Labute approximate surface area is 174 Å². The van der Waals surface area contributed by atoms with Crippen molar-refractivity contribution in [2.45, 2.75) is 29.3 Å². The monoisotopic (exact) mass is 427 g/mol. The number of thioether (sulfide) groups is 1. The van der Waals surface area contributed by atoms with Crippen LogP contribution >= 0.6 is 11.8 Å². The first-order valence-corrected chi connectivity index (χ1v) is 11.6. The Balaban J connectivity index is 1.78. The number of benzene rings is 2. The average Bonchev–Trinajstić information content (AvgIpc) is 3.08. The molecule has 3 aromatic rings. The summed E-state index contributed by atoms with van der Waals surface area (Å²) in [5, 5.41) is 8.66. The van der Waals surface area contributed by atoms with E-state index in [2.05, 4.69) is 16.8 Å². The van der Waals surface area contributed by atoms with Crippen molar-refractivity contribution in [3.05, 3.63) is 84.2 Å². The summed E-state index contributed by atoms with van der Waals surface area (Å²) < 4.78 is 27.2. The largest absolute Gasteiger partial charge is 0.301 e. The third-order valence-electron chi connectivity index (χ3n) is 4.23. The molecule has 0 spiro atoms. The fourth-order valence-corrected chi connectivity index (χ4v) is 4.81. The standard InChI is InChI=1S/C21H21N3O3S2/c1-3-13-24-20(15-29(26,27)18-11-9-16(2)10-12-18)22-23-21(24)28-14-19(25)17-7-5-4-6-8-17/h3-12H,1,13-15H2,2H3. The molecule has 0 aliphatic heterocycles. The highest BCUT2D eigenvalue weighted by molar-refractivity contribution is 7.99. The van der Waals surface area contributed by atoms with E-state index < -0.39 is 9.84 Å². The van der Waals surface area contributed by atoms with Gasteiger partial charge in [0.05, 0.1) is 10.6 Å². The summed E-state index contributed by atoms with van der Waals surface area (Å²) in [6, 6.07) is 15.7. The normalized spacial score (nSPS) is 11.3. The van der Waals surface area contributed by atoms with Crippen molar-refractivity contribution in [1.29, 1.82) is 0 Å². The van der Waals surface area contributed by atoms with Crippen LogP contribution in [-0.4, -0.2) is 34.7 Å². The van der Waals surface area contributed by atoms with Crippen LogP contribution < -0.4 is 0 Å². The van der Waals surface area contributed by atoms with Crippen molar-refractivity contribution >= 4 is 27.4 Å². The molecule has 0 amide bonds. The van der Waals surface area contributed by atoms with Gasteiger partial charge in [0, 0.05) is 12.1 Å². The summed E-state index contributed by atoms with van der Waals surface area (Å²) >= 11 is 1.23. The molecule has 0 N–H and O–H groups in total. The first kappa shape index (κ1) is 21.0. The third-order valence-corrected chi connectivity index (χ3v) is 6.83. The molecule has 6 nitrogen and oxygen atoms in total. The van der Waals surface area contributed by atoms with Gasteiger partial charge >= 0.3 is 0 Å². The lowest BCUT2D eigenvalue weighted by Crippen LogP contribution is -2.12. The second-order valence-electron chi connectivity index (χ2n) is 6.45. The van der Waals surface area contributed by atoms with Crippen molar-refractivity contribution in [2.24, 2.45) is 0 Å². The van der Waals surface area contributed by atoms with Gasteiger partial charge in [-0.1, -0.05) is 65.9 Å². The molecule has 0 saturated heterocycles. The Kier molecular flexibility index (Phi) is 6.66. The number of rotatable bonds is 9. The Morgan fingerprint density at radius 2 is 1.79 bits per heavy atom. The SMILES string of the molecule is C=CCn1c(CS(=O)(=O)c2ccc(C)cc2)nnc1SCC(=O)c1ccccc1. The first-order chi connectivity index (χ1) is 13.9. The lowest BCUT2D eigenvalue weighted by Gasteiger charge is -2.08. The van der Waals surface area contributed by atoms with E-state index in [0.29, 0.717) is 23.1 Å². The minimum absolute atomic E-state index is 0.0300. The van der Waals surface area contributed by atoms with Gasteiger partial charge in [-0.05, 0) is 19.1 Å². The topological polar surface area (TPSA) is 81.9 Å². The van der Waals surface area contributed by atoms with E-state index in [4.69, 9.17) is 0 Å². The number of hydrogen-bond donors (Lipinski definition) is 0. The maximum Gasteiger partial charge on any atom is 0.191 e. The van der Waals surface area contributed by atoms with Gasteiger partial charge in [0.1, 0.15) is 11.6 Å². The number of hydrogen-bond acceptors (Lipinski definition) is 6.